The highest BCUT2D eigenvalue weighted by atomic mass is 16.6. The number of nitrogens with two attached hydrogens (primary N) is 1. The summed E-state index contributed by atoms with van der Waals surface area (Å²) in [7, 11) is 0. The minimum absolute atomic E-state index is 0.0510. The SMILES string of the molecule is CC(C)CN(C[C@@H](O)[C@H](Cc1ccccc1)NC(=O)CN)C(=O)OC(C)(C)C. The van der Waals surface area contributed by atoms with Gasteiger partial charge in [0.1, 0.15) is 5.60 Å². The second kappa shape index (κ2) is 11.0. The quantitative estimate of drug-likeness (QED) is 0.595. The van der Waals surface area contributed by atoms with Crippen LogP contribution in [-0.2, 0) is 16.0 Å². The topological polar surface area (TPSA) is 105 Å². The Bertz CT molecular complexity index is 614. The molecular weight excluding hydrogens is 358 g/mol. The number of aliphatic hydroxyl groups is 1. The van der Waals surface area contributed by atoms with Crippen LogP contribution in [0.1, 0.15) is 40.2 Å². The lowest BCUT2D eigenvalue weighted by Gasteiger charge is -2.32. The highest BCUT2D eigenvalue weighted by Crippen LogP contribution is 2.14. The molecule has 0 fully saturated rings. The van der Waals surface area contributed by atoms with Crippen LogP contribution in [0.25, 0.3) is 0 Å². The molecule has 7 nitrogen and oxygen atoms in total. The normalized spacial score (nSPS) is 13.7. The predicted octanol–water partition coefficient (Wildman–Crippen LogP) is 1.93. The molecule has 0 unspecified atom stereocenters. The first kappa shape index (κ1) is 23.9. The fraction of sp³-hybridized carbons (Fsp3) is 0.619. The summed E-state index contributed by atoms with van der Waals surface area (Å²) in [5, 5.41) is 13.6. The lowest BCUT2D eigenvalue weighted by Crippen LogP contribution is -2.52. The van der Waals surface area contributed by atoms with Gasteiger partial charge >= 0.3 is 6.09 Å². The smallest absolute Gasteiger partial charge is 0.410 e. The molecule has 28 heavy (non-hydrogen) atoms. The maximum atomic E-state index is 12.6. The Labute approximate surface area is 168 Å². The molecule has 0 aliphatic rings. The number of ether oxygens (including phenoxy) is 1. The van der Waals surface area contributed by atoms with E-state index in [0.29, 0.717) is 13.0 Å². The molecule has 7 heteroatoms. The van der Waals surface area contributed by atoms with Gasteiger partial charge in [-0.25, -0.2) is 4.79 Å². The summed E-state index contributed by atoms with van der Waals surface area (Å²) in [6, 6.07) is 8.98. The van der Waals surface area contributed by atoms with Crippen LogP contribution >= 0.6 is 0 Å². The largest absolute Gasteiger partial charge is 0.444 e. The van der Waals surface area contributed by atoms with Crippen molar-refractivity contribution in [1.82, 2.24) is 10.2 Å². The Morgan fingerprint density at radius 3 is 2.29 bits per heavy atom. The van der Waals surface area contributed by atoms with Crippen LogP contribution in [0.5, 0.6) is 0 Å². The minimum Gasteiger partial charge on any atom is -0.444 e. The van der Waals surface area contributed by atoms with Crippen molar-refractivity contribution in [1.29, 1.82) is 0 Å². The molecule has 2 atom stereocenters. The summed E-state index contributed by atoms with van der Waals surface area (Å²) in [6.45, 7) is 9.70. The van der Waals surface area contributed by atoms with Gasteiger partial charge in [0.05, 0.1) is 25.2 Å². The van der Waals surface area contributed by atoms with Crippen molar-refractivity contribution in [2.45, 2.75) is 58.8 Å². The molecule has 1 aromatic rings. The maximum Gasteiger partial charge on any atom is 0.410 e. The van der Waals surface area contributed by atoms with E-state index in [1.54, 1.807) is 20.8 Å². The standard InChI is InChI=1S/C21H35N3O4/c1-15(2)13-24(20(27)28-21(3,4)5)14-18(25)17(23-19(26)12-22)11-16-9-7-6-8-10-16/h6-10,15,17-18,25H,11-14,22H2,1-5H3,(H,23,26)/t17-,18+/m0/s1. The van der Waals surface area contributed by atoms with Gasteiger partial charge in [0.15, 0.2) is 0 Å². The molecule has 1 rings (SSSR count). The fourth-order valence-electron chi connectivity index (χ4n) is 2.76. The van der Waals surface area contributed by atoms with E-state index in [1.165, 1.54) is 4.90 Å². The average Bonchev–Trinajstić information content (AvgIpc) is 2.59. The predicted molar refractivity (Wildman–Crippen MR) is 110 cm³/mol. The summed E-state index contributed by atoms with van der Waals surface area (Å²) in [5.74, 6) is -0.154. The number of rotatable bonds is 9. The van der Waals surface area contributed by atoms with E-state index in [0.717, 1.165) is 5.56 Å². The fourth-order valence-corrected chi connectivity index (χ4v) is 2.76. The van der Waals surface area contributed by atoms with Crippen molar-refractivity contribution in [2.24, 2.45) is 11.7 Å². The molecule has 0 aliphatic heterocycles. The summed E-state index contributed by atoms with van der Waals surface area (Å²) in [4.78, 5) is 25.9. The number of aliphatic hydroxyl groups excluding tert-OH is 1. The molecule has 1 aromatic carbocycles. The van der Waals surface area contributed by atoms with Gasteiger partial charge in [-0.1, -0.05) is 44.2 Å². The molecule has 0 heterocycles. The van der Waals surface area contributed by atoms with E-state index in [4.69, 9.17) is 10.5 Å². The van der Waals surface area contributed by atoms with E-state index >= 15 is 0 Å². The molecule has 0 spiro atoms. The van der Waals surface area contributed by atoms with Crippen LogP contribution in [0.2, 0.25) is 0 Å². The zero-order valence-electron chi connectivity index (χ0n) is 17.6. The van der Waals surface area contributed by atoms with Gasteiger partial charge in [0, 0.05) is 6.54 Å². The van der Waals surface area contributed by atoms with Crippen LogP contribution < -0.4 is 11.1 Å². The molecule has 0 aromatic heterocycles. The van der Waals surface area contributed by atoms with Crippen molar-refractivity contribution < 1.29 is 19.4 Å². The van der Waals surface area contributed by atoms with Crippen molar-refractivity contribution in [3.8, 4) is 0 Å². The molecular formula is C21H35N3O4. The number of amides is 2. The minimum atomic E-state index is -0.970. The van der Waals surface area contributed by atoms with E-state index in [9.17, 15) is 14.7 Å². The summed E-state index contributed by atoms with van der Waals surface area (Å²) < 4.78 is 5.47. The molecule has 0 saturated carbocycles. The summed E-state index contributed by atoms with van der Waals surface area (Å²) >= 11 is 0. The van der Waals surface area contributed by atoms with Crippen LogP contribution in [0.4, 0.5) is 4.79 Å². The van der Waals surface area contributed by atoms with E-state index < -0.39 is 23.8 Å². The third-order valence-corrected chi connectivity index (χ3v) is 3.94. The van der Waals surface area contributed by atoms with Gasteiger partial charge < -0.3 is 25.8 Å². The molecule has 158 valence electrons. The number of hydrogen-bond donors (Lipinski definition) is 3. The van der Waals surface area contributed by atoms with Crippen molar-refractivity contribution in [3.05, 3.63) is 35.9 Å². The number of benzene rings is 1. The number of hydrogen-bond acceptors (Lipinski definition) is 5. The van der Waals surface area contributed by atoms with Crippen molar-refractivity contribution in [2.75, 3.05) is 19.6 Å². The van der Waals surface area contributed by atoms with Crippen molar-refractivity contribution in [3.63, 3.8) is 0 Å². The molecule has 0 radical (unpaired) electrons. The lowest BCUT2D eigenvalue weighted by molar-refractivity contribution is -0.121. The summed E-state index contributed by atoms with van der Waals surface area (Å²) in [6.07, 6.45) is -1.02. The molecule has 0 bridgehead atoms. The van der Waals surface area contributed by atoms with Gasteiger partial charge in [0.25, 0.3) is 0 Å². The Morgan fingerprint density at radius 2 is 1.79 bits per heavy atom. The first-order chi connectivity index (χ1) is 13.0. The number of nitrogens with one attached hydrogen (secondary N) is 1. The number of carbonyl (C=O) groups is 2. The first-order valence-electron chi connectivity index (χ1n) is 9.71. The van der Waals surface area contributed by atoms with Gasteiger partial charge in [0.2, 0.25) is 5.91 Å². The van der Waals surface area contributed by atoms with Gasteiger partial charge in [-0.3, -0.25) is 4.79 Å². The second-order valence-electron chi connectivity index (χ2n) is 8.41. The molecule has 4 N–H and O–H groups in total. The lowest BCUT2D eigenvalue weighted by atomic mass is 10.0. The first-order valence-corrected chi connectivity index (χ1v) is 9.71. The Hall–Kier alpha value is -2.12. The maximum absolute atomic E-state index is 12.6. The Kier molecular flexibility index (Phi) is 9.41. The van der Waals surface area contributed by atoms with E-state index in [-0.39, 0.29) is 24.9 Å². The number of carbonyl (C=O) groups excluding carboxylic acids is 2. The van der Waals surface area contributed by atoms with E-state index in [1.807, 2.05) is 44.2 Å². The summed E-state index contributed by atoms with van der Waals surface area (Å²) in [5.41, 5.74) is 5.76. The van der Waals surface area contributed by atoms with Gasteiger partial charge in [-0.2, -0.15) is 0 Å². The Balaban J connectivity index is 2.94. The van der Waals surface area contributed by atoms with Gasteiger partial charge in [-0.15, -0.1) is 0 Å². The second-order valence-corrected chi connectivity index (χ2v) is 8.41. The zero-order chi connectivity index (χ0) is 21.3. The highest BCUT2D eigenvalue weighted by Gasteiger charge is 2.29. The van der Waals surface area contributed by atoms with Crippen LogP contribution in [-0.4, -0.2) is 59.4 Å². The molecule has 0 aliphatic carbocycles. The third kappa shape index (κ3) is 9.19. The zero-order valence-corrected chi connectivity index (χ0v) is 17.6. The highest BCUT2D eigenvalue weighted by molar-refractivity contribution is 5.78. The molecule has 2 amide bonds. The van der Waals surface area contributed by atoms with E-state index in [2.05, 4.69) is 5.32 Å². The van der Waals surface area contributed by atoms with Crippen LogP contribution in [0, 0.1) is 5.92 Å². The van der Waals surface area contributed by atoms with Crippen LogP contribution in [0.15, 0.2) is 30.3 Å². The van der Waals surface area contributed by atoms with Crippen LogP contribution in [0.3, 0.4) is 0 Å². The Morgan fingerprint density at radius 1 is 1.18 bits per heavy atom. The molecule has 0 saturated heterocycles. The average molecular weight is 394 g/mol. The van der Waals surface area contributed by atoms with Gasteiger partial charge in [-0.05, 0) is 38.7 Å². The number of nitrogens with zero attached hydrogens (tertiary/aromatic N) is 1. The monoisotopic (exact) mass is 393 g/mol. The van der Waals surface area contributed by atoms with Crippen molar-refractivity contribution >= 4 is 12.0 Å². The third-order valence-electron chi connectivity index (χ3n) is 3.94.